The van der Waals surface area contributed by atoms with Crippen molar-refractivity contribution < 1.29 is 4.74 Å². The van der Waals surface area contributed by atoms with Crippen molar-refractivity contribution in [3.05, 3.63) is 22.9 Å². The van der Waals surface area contributed by atoms with Crippen LogP contribution in [0.25, 0.3) is 0 Å². The van der Waals surface area contributed by atoms with Gasteiger partial charge in [-0.1, -0.05) is 0 Å². The summed E-state index contributed by atoms with van der Waals surface area (Å²) in [5.74, 6) is 0. The lowest BCUT2D eigenvalue weighted by Crippen LogP contribution is -2.45. The van der Waals surface area contributed by atoms with Gasteiger partial charge in [0.15, 0.2) is 0 Å². The highest BCUT2D eigenvalue weighted by Crippen LogP contribution is 2.35. The Labute approximate surface area is 98.4 Å². The molecule has 2 rings (SSSR count). The van der Waals surface area contributed by atoms with Gasteiger partial charge in [0.2, 0.25) is 0 Å². The third kappa shape index (κ3) is 2.32. The van der Waals surface area contributed by atoms with Gasteiger partial charge in [-0.2, -0.15) is 0 Å². The Bertz CT molecular complexity index is 334. The van der Waals surface area contributed by atoms with Gasteiger partial charge in [0.25, 0.3) is 0 Å². The predicted molar refractivity (Wildman–Crippen MR) is 64.0 cm³/mol. The number of pyridine rings is 1. The number of rotatable bonds is 4. The molecule has 1 aromatic heterocycles. The molecule has 0 aliphatic heterocycles. The van der Waals surface area contributed by atoms with Gasteiger partial charge in [-0.25, -0.2) is 0 Å². The lowest BCUT2D eigenvalue weighted by atomic mass is 9.80. The van der Waals surface area contributed by atoms with Crippen molar-refractivity contribution in [2.24, 2.45) is 0 Å². The summed E-state index contributed by atoms with van der Waals surface area (Å²) >= 11 is 3.46. The monoisotopic (exact) mass is 270 g/mol. The van der Waals surface area contributed by atoms with E-state index in [4.69, 9.17) is 4.74 Å². The van der Waals surface area contributed by atoms with Crippen molar-refractivity contribution >= 4 is 21.6 Å². The van der Waals surface area contributed by atoms with E-state index < -0.39 is 0 Å². The van der Waals surface area contributed by atoms with Crippen LogP contribution in [-0.4, -0.2) is 24.2 Å². The summed E-state index contributed by atoms with van der Waals surface area (Å²) in [7, 11) is 1.79. The van der Waals surface area contributed by atoms with Crippen molar-refractivity contribution in [1.29, 1.82) is 0 Å². The smallest absolute Gasteiger partial charge is 0.0850 e. The lowest BCUT2D eigenvalue weighted by molar-refractivity contribution is -0.0601. The Hall–Kier alpha value is -0.610. The fourth-order valence-electron chi connectivity index (χ4n) is 1.80. The molecule has 0 unspecified atom stereocenters. The summed E-state index contributed by atoms with van der Waals surface area (Å²) in [4.78, 5) is 4.03. The summed E-state index contributed by atoms with van der Waals surface area (Å²) in [6.07, 6.45) is 7.15. The number of ether oxygens (including phenoxy) is 1. The van der Waals surface area contributed by atoms with E-state index >= 15 is 0 Å². The molecule has 1 fully saturated rings. The summed E-state index contributed by atoms with van der Waals surface area (Å²) in [5, 5.41) is 3.39. The van der Waals surface area contributed by atoms with E-state index in [-0.39, 0.29) is 5.60 Å². The van der Waals surface area contributed by atoms with Crippen LogP contribution in [0.4, 0.5) is 5.69 Å². The van der Waals surface area contributed by atoms with Crippen LogP contribution < -0.4 is 5.32 Å². The van der Waals surface area contributed by atoms with E-state index in [1.165, 1.54) is 6.42 Å². The molecule has 0 spiro atoms. The van der Waals surface area contributed by atoms with Crippen molar-refractivity contribution in [3.63, 3.8) is 0 Å². The molecule has 1 aromatic rings. The maximum absolute atomic E-state index is 5.54. The van der Waals surface area contributed by atoms with Gasteiger partial charge in [-0.3, -0.25) is 4.98 Å². The molecular formula is C11H15BrN2O. The molecule has 0 amide bonds. The van der Waals surface area contributed by atoms with E-state index in [1.54, 1.807) is 19.5 Å². The second-order valence-electron chi connectivity index (χ2n) is 3.95. The average Bonchev–Trinajstić information content (AvgIpc) is 2.19. The topological polar surface area (TPSA) is 34.1 Å². The Morgan fingerprint density at radius 2 is 2.40 bits per heavy atom. The Kier molecular flexibility index (Phi) is 3.26. The van der Waals surface area contributed by atoms with Crippen LogP contribution in [-0.2, 0) is 4.74 Å². The molecule has 4 heteroatoms. The van der Waals surface area contributed by atoms with Gasteiger partial charge in [0.1, 0.15) is 0 Å². The van der Waals surface area contributed by atoms with Gasteiger partial charge in [-0.05, 0) is 41.3 Å². The van der Waals surface area contributed by atoms with Gasteiger partial charge in [0.05, 0.1) is 15.8 Å². The number of nitrogens with zero attached hydrogens (tertiary/aromatic N) is 1. The molecule has 0 bridgehead atoms. The minimum absolute atomic E-state index is 0.0582. The van der Waals surface area contributed by atoms with Crippen LogP contribution in [0, 0.1) is 0 Å². The van der Waals surface area contributed by atoms with Crippen LogP contribution in [0.3, 0.4) is 0 Å². The highest BCUT2D eigenvalue weighted by Gasteiger charge is 2.36. The molecule has 0 saturated heterocycles. The molecule has 15 heavy (non-hydrogen) atoms. The third-order valence-corrected chi connectivity index (χ3v) is 3.70. The number of methoxy groups -OCH3 is 1. The van der Waals surface area contributed by atoms with Crippen molar-refractivity contribution in [3.8, 4) is 0 Å². The highest BCUT2D eigenvalue weighted by molar-refractivity contribution is 9.10. The van der Waals surface area contributed by atoms with Crippen LogP contribution in [0.1, 0.15) is 19.3 Å². The third-order valence-electron chi connectivity index (χ3n) is 3.07. The standard InChI is InChI=1S/C11H15BrN2O/c1-15-11(4-2-5-11)8-14-10-3-6-13-7-9(10)12/h3,6-7H,2,4-5,8H2,1H3,(H,13,14). The molecule has 1 aliphatic rings. The number of hydrogen-bond donors (Lipinski definition) is 1. The second kappa shape index (κ2) is 4.49. The zero-order valence-corrected chi connectivity index (χ0v) is 10.4. The molecule has 1 N–H and O–H groups in total. The van der Waals surface area contributed by atoms with Gasteiger partial charge >= 0.3 is 0 Å². The fourth-order valence-corrected chi connectivity index (χ4v) is 2.19. The van der Waals surface area contributed by atoms with Crippen LogP contribution in [0.2, 0.25) is 0 Å². The largest absolute Gasteiger partial charge is 0.381 e. The minimum Gasteiger partial charge on any atom is -0.381 e. The number of aromatic nitrogens is 1. The van der Waals surface area contributed by atoms with E-state index in [2.05, 4.69) is 26.2 Å². The molecule has 0 aromatic carbocycles. The fraction of sp³-hybridized carbons (Fsp3) is 0.545. The predicted octanol–water partition coefficient (Wildman–Crippen LogP) is 2.83. The molecule has 1 aliphatic carbocycles. The Balaban J connectivity index is 1.95. The number of hydrogen-bond acceptors (Lipinski definition) is 3. The quantitative estimate of drug-likeness (QED) is 0.914. The first kappa shape index (κ1) is 10.9. The average molecular weight is 271 g/mol. The summed E-state index contributed by atoms with van der Waals surface area (Å²) < 4.78 is 6.54. The van der Waals surface area contributed by atoms with Crippen LogP contribution in [0.15, 0.2) is 22.9 Å². The normalized spacial score (nSPS) is 18.3. The molecule has 1 heterocycles. The van der Waals surface area contributed by atoms with E-state index in [0.717, 1.165) is 29.5 Å². The first-order valence-electron chi connectivity index (χ1n) is 5.14. The van der Waals surface area contributed by atoms with Crippen molar-refractivity contribution in [2.75, 3.05) is 19.0 Å². The van der Waals surface area contributed by atoms with Crippen LogP contribution in [0.5, 0.6) is 0 Å². The summed E-state index contributed by atoms with van der Waals surface area (Å²) in [6.45, 7) is 0.867. The summed E-state index contributed by atoms with van der Waals surface area (Å²) in [6, 6.07) is 1.96. The molecule has 3 nitrogen and oxygen atoms in total. The highest BCUT2D eigenvalue weighted by atomic mass is 79.9. The molecule has 0 radical (unpaired) electrons. The summed E-state index contributed by atoms with van der Waals surface area (Å²) in [5.41, 5.74) is 1.14. The SMILES string of the molecule is COC1(CNc2ccncc2Br)CCC1. The maximum atomic E-state index is 5.54. The van der Waals surface area contributed by atoms with Crippen LogP contribution >= 0.6 is 15.9 Å². The van der Waals surface area contributed by atoms with Crippen molar-refractivity contribution in [1.82, 2.24) is 4.98 Å². The Morgan fingerprint density at radius 1 is 1.60 bits per heavy atom. The molecular weight excluding hydrogens is 256 g/mol. The van der Waals surface area contributed by atoms with Gasteiger partial charge < -0.3 is 10.1 Å². The van der Waals surface area contributed by atoms with E-state index in [1.807, 2.05) is 6.07 Å². The van der Waals surface area contributed by atoms with E-state index in [0.29, 0.717) is 0 Å². The lowest BCUT2D eigenvalue weighted by Gasteiger charge is -2.40. The van der Waals surface area contributed by atoms with Crippen molar-refractivity contribution in [2.45, 2.75) is 24.9 Å². The molecule has 82 valence electrons. The number of nitrogens with one attached hydrogen (secondary N) is 1. The molecule has 1 saturated carbocycles. The van der Waals surface area contributed by atoms with Gasteiger partial charge in [0, 0.05) is 26.0 Å². The van der Waals surface area contributed by atoms with Gasteiger partial charge in [-0.15, -0.1) is 0 Å². The minimum atomic E-state index is 0.0582. The maximum Gasteiger partial charge on any atom is 0.0850 e. The van der Waals surface area contributed by atoms with E-state index in [9.17, 15) is 0 Å². The Morgan fingerprint density at radius 3 is 2.93 bits per heavy atom. The number of halogens is 1. The zero-order valence-electron chi connectivity index (χ0n) is 8.79. The second-order valence-corrected chi connectivity index (χ2v) is 4.80. The first-order valence-corrected chi connectivity index (χ1v) is 5.94. The zero-order chi connectivity index (χ0) is 10.7. The number of anilines is 1. The first-order chi connectivity index (χ1) is 7.26. The molecule has 0 atom stereocenters.